The third-order valence-electron chi connectivity index (χ3n) is 6.03. The average molecular weight is 556 g/mol. The monoisotopic (exact) mass is 554 g/mol. The summed E-state index contributed by atoms with van der Waals surface area (Å²) in [7, 11) is 1.59. The lowest BCUT2D eigenvalue weighted by Crippen LogP contribution is -2.46. The molecule has 1 fully saturated rings. The molecule has 1 aliphatic heterocycles. The number of carbonyl (C=O) groups is 1. The minimum absolute atomic E-state index is 0.0387. The number of ether oxygens (including phenoxy) is 1. The lowest BCUT2D eigenvalue weighted by atomic mass is 9.85. The first-order valence-electron chi connectivity index (χ1n) is 11.6. The molecule has 0 spiro atoms. The summed E-state index contributed by atoms with van der Waals surface area (Å²) in [6.45, 7) is 10.7. The van der Waals surface area contributed by atoms with Gasteiger partial charge in [0.2, 0.25) is 0 Å². The van der Waals surface area contributed by atoms with Crippen molar-refractivity contribution in [2.45, 2.75) is 44.4 Å². The van der Waals surface area contributed by atoms with E-state index in [1.54, 1.807) is 30.2 Å². The van der Waals surface area contributed by atoms with Gasteiger partial charge in [-0.3, -0.25) is 9.59 Å². The van der Waals surface area contributed by atoms with Gasteiger partial charge in [-0.1, -0.05) is 35.9 Å². The smallest absolute Gasteiger partial charge is 0.273 e. The molecule has 1 aliphatic rings. The van der Waals surface area contributed by atoms with Crippen molar-refractivity contribution in [1.29, 1.82) is 0 Å². The summed E-state index contributed by atoms with van der Waals surface area (Å²) >= 11 is 11.3. The summed E-state index contributed by atoms with van der Waals surface area (Å²) in [6.07, 6.45) is 5.54. The molecule has 8 nitrogen and oxygen atoms in total. The topological polar surface area (TPSA) is 99.5 Å². The molecule has 1 aromatic carbocycles. The maximum Gasteiger partial charge on any atom is 0.273 e. The fraction of sp³-hybridized carbons (Fsp3) is 0.480. The highest BCUT2D eigenvalue weighted by Crippen LogP contribution is 2.41. The van der Waals surface area contributed by atoms with Crippen molar-refractivity contribution in [3.8, 4) is 5.75 Å². The summed E-state index contributed by atoms with van der Waals surface area (Å²) in [5.74, 6) is 0.355. The van der Waals surface area contributed by atoms with Gasteiger partial charge in [0.05, 0.1) is 22.3 Å². The van der Waals surface area contributed by atoms with Crippen molar-refractivity contribution in [1.82, 2.24) is 19.2 Å². The molecule has 0 aliphatic carbocycles. The lowest BCUT2D eigenvalue weighted by Gasteiger charge is -2.38. The van der Waals surface area contributed by atoms with Gasteiger partial charge in [-0.15, -0.1) is 4.72 Å². The molecule has 0 radical (unpaired) electrons. The SMILES string of the molecule is C=CCOc1cc(Cl)c(Cl)cc1C(N[S+]([O-])C(C)(C)C)C1CCN(C(=O)c2cn(C)c(=O)cn2)CC1. The van der Waals surface area contributed by atoms with Gasteiger partial charge in [0.1, 0.15) is 22.8 Å². The summed E-state index contributed by atoms with van der Waals surface area (Å²) in [6, 6.07) is 3.07. The van der Waals surface area contributed by atoms with E-state index >= 15 is 0 Å². The zero-order chi connectivity index (χ0) is 26.6. The van der Waals surface area contributed by atoms with Gasteiger partial charge in [0, 0.05) is 49.3 Å². The molecule has 1 saturated heterocycles. The highest BCUT2D eigenvalue weighted by molar-refractivity contribution is 7.90. The van der Waals surface area contributed by atoms with Crippen LogP contribution in [-0.4, -0.2) is 49.4 Å². The molecule has 1 N–H and O–H groups in total. The van der Waals surface area contributed by atoms with Crippen molar-refractivity contribution in [2.75, 3.05) is 19.7 Å². The van der Waals surface area contributed by atoms with Gasteiger partial charge in [-0.05, 0) is 45.6 Å². The predicted molar refractivity (Wildman–Crippen MR) is 144 cm³/mol. The van der Waals surface area contributed by atoms with Crippen LogP contribution < -0.4 is 15.0 Å². The molecule has 3 rings (SSSR count). The van der Waals surface area contributed by atoms with E-state index in [2.05, 4.69) is 16.3 Å². The minimum atomic E-state index is -1.37. The third kappa shape index (κ3) is 6.83. The highest BCUT2D eigenvalue weighted by atomic mass is 35.5. The van der Waals surface area contributed by atoms with E-state index in [9.17, 15) is 14.1 Å². The second-order valence-corrected chi connectivity index (χ2v) is 12.5. The van der Waals surface area contributed by atoms with Crippen molar-refractivity contribution < 1.29 is 14.1 Å². The van der Waals surface area contributed by atoms with Gasteiger partial charge < -0.3 is 18.8 Å². The van der Waals surface area contributed by atoms with Crippen molar-refractivity contribution >= 4 is 40.5 Å². The van der Waals surface area contributed by atoms with Crippen molar-refractivity contribution in [3.05, 3.63) is 68.8 Å². The number of aryl methyl sites for hydroxylation is 1. The molecule has 1 aromatic heterocycles. The maximum absolute atomic E-state index is 13.2. The summed E-state index contributed by atoms with van der Waals surface area (Å²) in [5.41, 5.74) is 0.708. The highest BCUT2D eigenvalue weighted by Gasteiger charge is 2.37. The maximum atomic E-state index is 13.2. The van der Waals surface area contributed by atoms with Gasteiger partial charge in [0.15, 0.2) is 0 Å². The lowest BCUT2D eigenvalue weighted by molar-refractivity contribution is 0.0667. The molecule has 2 atom stereocenters. The number of hydrogen-bond donors (Lipinski definition) is 1. The Morgan fingerprint density at radius 1 is 1.33 bits per heavy atom. The molecule has 1 amide bonds. The minimum Gasteiger partial charge on any atom is -0.598 e. The zero-order valence-corrected chi connectivity index (χ0v) is 23.3. The number of nitrogens with zero attached hydrogens (tertiary/aromatic N) is 3. The van der Waals surface area contributed by atoms with Crippen LogP contribution in [0.5, 0.6) is 5.75 Å². The Bertz CT molecular complexity index is 1160. The number of nitrogens with one attached hydrogen (secondary N) is 1. The fourth-order valence-corrected chi connectivity index (χ4v) is 5.20. The standard InChI is InChI=1S/C25H32Cl2N4O4S/c1-6-11-35-21-13-19(27)18(26)12-17(21)23(29-36(34)25(2,3)4)16-7-9-31(10-8-16)24(33)20-15-30(5)22(32)14-28-20/h6,12-16,23,29H,1,7-11H2,2-5H3. The van der Waals surface area contributed by atoms with Crippen LogP contribution in [0.1, 0.15) is 55.7 Å². The number of piperidine rings is 1. The molecule has 0 bridgehead atoms. The van der Waals surface area contributed by atoms with E-state index in [4.69, 9.17) is 27.9 Å². The zero-order valence-electron chi connectivity index (χ0n) is 20.9. The number of halogens is 2. The van der Waals surface area contributed by atoms with Gasteiger partial charge in [-0.25, -0.2) is 4.98 Å². The Balaban J connectivity index is 1.87. The number of hydrogen-bond acceptors (Lipinski definition) is 6. The second-order valence-electron chi connectivity index (χ2n) is 9.73. The molecule has 196 valence electrons. The Kier molecular flexibility index (Phi) is 9.51. The van der Waals surface area contributed by atoms with Crippen molar-refractivity contribution in [3.63, 3.8) is 0 Å². The first kappa shape index (κ1) is 28.5. The Morgan fingerprint density at radius 3 is 2.56 bits per heavy atom. The number of aromatic nitrogens is 2. The van der Waals surface area contributed by atoms with Crippen LogP contribution in [0.3, 0.4) is 0 Å². The Morgan fingerprint density at radius 2 is 1.97 bits per heavy atom. The third-order valence-corrected chi connectivity index (χ3v) is 8.33. The first-order valence-corrected chi connectivity index (χ1v) is 13.6. The van der Waals surface area contributed by atoms with Crippen LogP contribution in [0.2, 0.25) is 10.0 Å². The number of likely N-dealkylation sites (tertiary alicyclic amines) is 1. The molecule has 2 heterocycles. The Hall–Kier alpha value is -2.04. The fourth-order valence-electron chi connectivity index (χ4n) is 3.97. The van der Waals surface area contributed by atoms with E-state index in [-0.39, 0.29) is 35.7 Å². The molecular weight excluding hydrogens is 523 g/mol. The van der Waals surface area contributed by atoms with Crippen molar-refractivity contribution in [2.24, 2.45) is 13.0 Å². The van der Waals surface area contributed by atoms with Crippen LogP contribution in [0, 0.1) is 5.92 Å². The van der Waals surface area contributed by atoms with E-state index in [1.807, 2.05) is 20.8 Å². The van der Waals surface area contributed by atoms with E-state index in [1.165, 1.54) is 10.8 Å². The largest absolute Gasteiger partial charge is 0.598 e. The van der Waals surface area contributed by atoms with Gasteiger partial charge >= 0.3 is 0 Å². The number of rotatable bonds is 8. The van der Waals surface area contributed by atoms with Crippen LogP contribution in [0.15, 0.2) is 42.0 Å². The number of benzene rings is 1. The molecule has 0 saturated carbocycles. The predicted octanol–water partition coefficient (Wildman–Crippen LogP) is 4.30. The number of carbonyl (C=O) groups excluding carboxylic acids is 1. The van der Waals surface area contributed by atoms with Crippen LogP contribution in [0.4, 0.5) is 0 Å². The summed E-state index contributed by atoms with van der Waals surface area (Å²) in [4.78, 5) is 30.4. The van der Waals surface area contributed by atoms with E-state index < -0.39 is 16.1 Å². The molecule has 11 heteroatoms. The van der Waals surface area contributed by atoms with Crippen LogP contribution in [0.25, 0.3) is 0 Å². The molecule has 2 unspecified atom stereocenters. The Labute approximate surface area is 224 Å². The van der Waals surface area contributed by atoms with Crippen LogP contribution in [-0.2, 0) is 18.4 Å². The number of amides is 1. The molecule has 36 heavy (non-hydrogen) atoms. The summed E-state index contributed by atoms with van der Waals surface area (Å²) in [5, 5.41) is 0.736. The van der Waals surface area contributed by atoms with E-state index in [0.29, 0.717) is 41.7 Å². The normalized spacial score (nSPS) is 16.5. The average Bonchev–Trinajstić information content (AvgIpc) is 2.83. The molecule has 2 aromatic rings. The van der Waals surface area contributed by atoms with Gasteiger partial charge in [-0.2, -0.15) is 0 Å². The summed E-state index contributed by atoms with van der Waals surface area (Å²) < 4.78 is 23.2. The van der Waals surface area contributed by atoms with E-state index in [0.717, 1.165) is 11.8 Å². The second kappa shape index (κ2) is 12.0. The quantitative estimate of drug-likeness (QED) is 0.385. The first-order chi connectivity index (χ1) is 16.9. The molecular formula is C25H32Cl2N4O4S. The van der Waals surface area contributed by atoms with Gasteiger partial charge in [0.25, 0.3) is 11.5 Å². The van der Waals surface area contributed by atoms with Crippen LogP contribution >= 0.6 is 23.2 Å².